The number of aryl methyl sites for hydroxylation is 1. The molecule has 5 nitrogen and oxygen atoms in total. The van der Waals surface area contributed by atoms with Crippen molar-refractivity contribution in [3.8, 4) is 0 Å². The van der Waals surface area contributed by atoms with Crippen LogP contribution in [-0.2, 0) is 5.41 Å². The quantitative estimate of drug-likeness (QED) is 0.647. The summed E-state index contributed by atoms with van der Waals surface area (Å²) in [6.45, 7) is 8.22. The Morgan fingerprint density at radius 1 is 0.759 bits per heavy atom. The maximum atomic E-state index is 12.7. The maximum Gasteiger partial charge on any atom is 0.274 e. The van der Waals surface area contributed by atoms with Crippen molar-refractivity contribution in [3.05, 3.63) is 89.2 Å². The molecular formula is C24H25N3O2. The average Bonchev–Trinajstić information content (AvgIpc) is 2.69. The highest BCUT2D eigenvalue weighted by atomic mass is 16.2. The molecule has 0 aliphatic rings. The molecule has 148 valence electrons. The van der Waals surface area contributed by atoms with Crippen molar-refractivity contribution in [1.82, 2.24) is 4.98 Å². The van der Waals surface area contributed by atoms with E-state index < -0.39 is 0 Å². The molecule has 0 bridgehead atoms. The summed E-state index contributed by atoms with van der Waals surface area (Å²) < 4.78 is 0. The van der Waals surface area contributed by atoms with Crippen molar-refractivity contribution in [2.75, 3.05) is 10.6 Å². The fourth-order valence-electron chi connectivity index (χ4n) is 2.87. The van der Waals surface area contributed by atoms with E-state index in [1.54, 1.807) is 36.4 Å². The molecule has 0 unspecified atom stereocenters. The molecule has 0 fully saturated rings. The van der Waals surface area contributed by atoms with Gasteiger partial charge in [-0.2, -0.15) is 0 Å². The highest BCUT2D eigenvalue weighted by molar-refractivity contribution is 6.09. The number of carbonyl (C=O) groups is 2. The number of benzene rings is 2. The first-order chi connectivity index (χ1) is 13.7. The number of rotatable bonds is 4. The van der Waals surface area contributed by atoms with Crippen LogP contribution in [0.3, 0.4) is 0 Å². The molecule has 2 N–H and O–H groups in total. The smallest absolute Gasteiger partial charge is 0.274 e. The lowest BCUT2D eigenvalue weighted by atomic mass is 9.87. The van der Waals surface area contributed by atoms with Gasteiger partial charge in [-0.05, 0) is 54.3 Å². The predicted octanol–water partition coefficient (Wildman–Crippen LogP) is 5.19. The lowest BCUT2D eigenvalue weighted by molar-refractivity contribution is 0.101. The summed E-state index contributed by atoms with van der Waals surface area (Å²) in [4.78, 5) is 29.4. The first-order valence-electron chi connectivity index (χ1n) is 9.50. The monoisotopic (exact) mass is 387 g/mol. The van der Waals surface area contributed by atoms with Crippen LogP contribution in [0.15, 0.2) is 66.7 Å². The normalized spacial score (nSPS) is 11.0. The summed E-state index contributed by atoms with van der Waals surface area (Å²) in [6.07, 6.45) is 0. The van der Waals surface area contributed by atoms with E-state index in [1.807, 2.05) is 37.3 Å². The Morgan fingerprint density at radius 2 is 1.34 bits per heavy atom. The van der Waals surface area contributed by atoms with Crippen molar-refractivity contribution in [2.45, 2.75) is 33.1 Å². The van der Waals surface area contributed by atoms with E-state index in [1.165, 1.54) is 0 Å². The third-order valence-electron chi connectivity index (χ3n) is 4.56. The lowest BCUT2D eigenvalue weighted by Gasteiger charge is -2.19. The van der Waals surface area contributed by atoms with Crippen molar-refractivity contribution in [1.29, 1.82) is 0 Å². The van der Waals surface area contributed by atoms with Crippen LogP contribution in [0.5, 0.6) is 0 Å². The van der Waals surface area contributed by atoms with Crippen LogP contribution in [0.2, 0.25) is 0 Å². The molecule has 29 heavy (non-hydrogen) atoms. The van der Waals surface area contributed by atoms with Gasteiger partial charge in [0.1, 0.15) is 5.69 Å². The fourth-order valence-corrected chi connectivity index (χ4v) is 2.87. The van der Waals surface area contributed by atoms with E-state index in [-0.39, 0.29) is 17.2 Å². The third kappa shape index (κ3) is 5.08. The summed E-state index contributed by atoms with van der Waals surface area (Å²) in [5.41, 5.74) is 3.86. The topological polar surface area (TPSA) is 71.1 Å². The van der Waals surface area contributed by atoms with Crippen molar-refractivity contribution in [2.24, 2.45) is 0 Å². The Labute approximate surface area is 171 Å². The molecule has 2 amide bonds. The number of nitrogens with one attached hydrogen (secondary N) is 2. The zero-order valence-electron chi connectivity index (χ0n) is 17.1. The zero-order valence-corrected chi connectivity index (χ0v) is 17.1. The van der Waals surface area contributed by atoms with Crippen LogP contribution in [0.1, 0.15) is 52.9 Å². The average molecular weight is 387 g/mol. The van der Waals surface area contributed by atoms with Crippen LogP contribution in [0, 0.1) is 6.92 Å². The largest absolute Gasteiger partial charge is 0.320 e. The molecule has 1 heterocycles. The van der Waals surface area contributed by atoms with Gasteiger partial charge < -0.3 is 10.6 Å². The third-order valence-corrected chi connectivity index (χ3v) is 4.56. The van der Waals surface area contributed by atoms with Gasteiger partial charge in [0.05, 0.1) is 11.4 Å². The minimum atomic E-state index is -0.329. The molecular weight excluding hydrogens is 362 g/mol. The van der Waals surface area contributed by atoms with E-state index in [0.29, 0.717) is 22.6 Å². The molecule has 0 spiro atoms. The summed E-state index contributed by atoms with van der Waals surface area (Å²) in [7, 11) is 0. The SMILES string of the molecule is Cc1cccc(C(=O)Nc2ccccc2NC(=O)c2ccc(C(C)(C)C)cc2)n1. The minimum absolute atomic E-state index is 0.0235. The molecule has 0 radical (unpaired) electrons. The van der Waals surface area contributed by atoms with Crippen molar-refractivity contribution < 1.29 is 9.59 Å². The highest BCUT2D eigenvalue weighted by Gasteiger charge is 2.16. The van der Waals surface area contributed by atoms with E-state index in [9.17, 15) is 9.59 Å². The molecule has 3 aromatic rings. The van der Waals surface area contributed by atoms with Crippen LogP contribution in [0.4, 0.5) is 11.4 Å². The summed E-state index contributed by atoms with van der Waals surface area (Å²) in [6, 6.07) is 19.9. The van der Waals surface area contributed by atoms with Gasteiger partial charge in [0, 0.05) is 11.3 Å². The molecule has 0 aliphatic carbocycles. The Balaban J connectivity index is 1.76. The Kier molecular flexibility index (Phi) is 5.78. The number of nitrogens with zero attached hydrogens (tertiary/aromatic N) is 1. The molecule has 0 aliphatic heterocycles. The number of pyridine rings is 1. The first-order valence-corrected chi connectivity index (χ1v) is 9.50. The second kappa shape index (κ2) is 8.27. The van der Waals surface area contributed by atoms with E-state index in [2.05, 4.69) is 36.4 Å². The number of aromatic nitrogens is 1. The minimum Gasteiger partial charge on any atom is -0.320 e. The second-order valence-corrected chi connectivity index (χ2v) is 7.95. The van der Waals surface area contributed by atoms with Gasteiger partial charge in [-0.1, -0.05) is 51.1 Å². The number of para-hydroxylation sites is 2. The number of anilines is 2. The standard InChI is InChI=1S/C24H25N3O2/c1-16-8-7-11-21(25-16)23(29)27-20-10-6-5-9-19(20)26-22(28)17-12-14-18(15-13-17)24(2,3)4/h5-15H,1-4H3,(H,26,28)(H,27,29). The van der Waals surface area contributed by atoms with Gasteiger partial charge in [0.2, 0.25) is 0 Å². The van der Waals surface area contributed by atoms with E-state index in [4.69, 9.17) is 0 Å². The number of carbonyl (C=O) groups excluding carboxylic acids is 2. The van der Waals surface area contributed by atoms with Gasteiger partial charge in [-0.15, -0.1) is 0 Å². The van der Waals surface area contributed by atoms with Gasteiger partial charge in [-0.3, -0.25) is 9.59 Å². The van der Waals surface area contributed by atoms with Crippen molar-refractivity contribution >= 4 is 23.2 Å². The van der Waals surface area contributed by atoms with E-state index in [0.717, 1.165) is 11.3 Å². The van der Waals surface area contributed by atoms with Crippen LogP contribution >= 0.6 is 0 Å². The number of hydrogen-bond acceptors (Lipinski definition) is 3. The summed E-state index contributed by atoms with van der Waals surface area (Å²) in [5.74, 6) is -0.564. The summed E-state index contributed by atoms with van der Waals surface area (Å²) >= 11 is 0. The molecule has 1 aromatic heterocycles. The molecule has 5 heteroatoms. The Hall–Kier alpha value is -3.47. The van der Waals surface area contributed by atoms with Gasteiger partial charge >= 0.3 is 0 Å². The fraction of sp³-hybridized carbons (Fsp3) is 0.208. The van der Waals surface area contributed by atoms with Gasteiger partial charge in [0.15, 0.2) is 0 Å². The molecule has 0 atom stereocenters. The maximum absolute atomic E-state index is 12.7. The van der Waals surface area contributed by atoms with E-state index >= 15 is 0 Å². The Morgan fingerprint density at radius 3 is 1.90 bits per heavy atom. The lowest BCUT2D eigenvalue weighted by Crippen LogP contribution is -2.18. The van der Waals surface area contributed by atoms with Crippen LogP contribution in [0.25, 0.3) is 0 Å². The Bertz CT molecular complexity index is 1030. The van der Waals surface area contributed by atoms with Gasteiger partial charge in [-0.25, -0.2) is 4.98 Å². The predicted molar refractivity (Wildman–Crippen MR) is 116 cm³/mol. The molecule has 0 saturated heterocycles. The molecule has 3 rings (SSSR count). The van der Waals surface area contributed by atoms with Crippen molar-refractivity contribution in [3.63, 3.8) is 0 Å². The number of hydrogen-bond donors (Lipinski definition) is 2. The molecule has 0 saturated carbocycles. The first kappa shape index (κ1) is 20.3. The second-order valence-electron chi connectivity index (χ2n) is 7.95. The van der Waals surface area contributed by atoms with Gasteiger partial charge in [0.25, 0.3) is 11.8 Å². The number of amides is 2. The molecule has 2 aromatic carbocycles. The van der Waals surface area contributed by atoms with Crippen LogP contribution < -0.4 is 10.6 Å². The zero-order chi connectivity index (χ0) is 21.0. The van der Waals surface area contributed by atoms with Crippen LogP contribution in [-0.4, -0.2) is 16.8 Å². The summed E-state index contributed by atoms with van der Waals surface area (Å²) in [5, 5.41) is 5.70. The highest BCUT2D eigenvalue weighted by Crippen LogP contribution is 2.24.